The minimum atomic E-state index is -0.401. The van der Waals surface area contributed by atoms with Gasteiger partial charge in [-0.05, 0) is 18.2 Å². The minimum Gasteiger partial charge on any atom is -0.325 e. The van der Waals surface area contributed by atoms with E-state index in [1.165, 1.54) is 4.57 Å². The third-order valence-corrected chi connectivity index (χ3v) is 5.66. The van der Waals surface area contributed by atoms with Crippen molar-refractivity contribution in [3.05, 3.63) is 101 Å². The number of amides is 1. The zero-order valence-electron chi connectivity index (χ0n) is 17.0. The number of ketones is 2. The standard InChI is InChI=1S/C26H18N2O4/c29-22(12-13-23(30)28-15-14-16-6-1-4-11-21(16)28)27-20-10-5-9-19-24(20)26(32)18-8-3-2-7-17(18)25(19)31/h1-11,14-15H,12-13H2,(H,27,29). The van der Waals surface area contributed by atoms with Crippen molar-refractivity contribution in [3.8, 4) is 0 Å². The van der Waals surface area contributed by atoms with Crippen LogP contribution in [0.4, 0.5) is 5.69 Å². The quantitative estimate of drug-likeness (QED) is 0.463. The lowest BCUT2D eigenvalue weighted by Crippen LogP contribution is -2.24. The van der Waals surface area contributed by atoms with E-state index in [4.69, 9.17) is 0 Å². The molecule has 0 saturated carbocycles. The first-order valence-corrected chi connectivity index (χ1v) is 10.2. The van der Waals surface area contributed by atoms with Crippen LogP contribution in [0.15, 0.2) is 79.0 Å². The summed E-state index contributed by atoms with van der Waals surface area (Å²) >= 11 is 0. The molecule has 1 aromatic heterocycles. The maximum absolute atomic E-state index is 13.0. The number of para-hydroxylation sites is 1. The summed E-state index contributed by atoms with van der Waals surface area (Å²) < 4.78 is 1.53. The number of nitrogens with one attached hydrogen (secondary N) is 1. The van der Waals surface area contributed by atoms with Gasteiger partial charge in [0.2, 0.25) is 11.8 Å². The Bertz CT molecular complexity index is 1430. The van der Waals surface area contributed by atoms with Crippen LogP contribution in [-0.4, -0.2) is 27.9 Å². The molecule has 5 rings (SSSR count). The van der Waals surface area contributed by atoms with Gasteiger partial charge in [0.1, 0.15) is 0 Å². The van der Waals surface area contributed by atoms with Gasteiger partial charge in [0, 0.05) is 41.1 Å². The summed E-state index contributed by atoms with van der Waals surface area (Å²) in [6.45, 7) is 0. The van der Waals surface area contributed by atoms with E-state index in [-0.39, 0.29) is 47.1 Å². The zero-order valence-corrected chi connectivity index (χ0v) is 17.0. The third-order valence-electron chi connectivity index (χ3n) is 5.66. The van der Waals surface area contributed by atoms with Crippen LogP contribution in [0, 0.1) is 0 Å². The van der Waals surface area contributed by atoms with Gasteiger partial charge < -0.3 is 5.32 Å². The number of aromatic nitrogens is 1. The maximum Gasteiger partial charge on any atom is 0.231 e. The molecule has 0 radical (unpaired) electrons. The second-order valence-corrected chi connectivity index (χ2v) is 7.62. The van der Waals surface area contributed by atoms with Crippen LogP contribution in [-0.2, 0) is 4.79 Å². The van der Waals surface area contributed by atoms with E-state index in [1.54, 1.807) is 48.7 Å². The summed E-state index contributed by atoms with van der Waals surface area (Å²) in [5.74, 6) is -1.15. The van der Waals surface area contributed by atoms with Gasteiger partial charge in [-0.1, -0.05) is 54.6 Å². The normalized spacial score (nSPS) is 12.4. The summed E-state index contributed by atoms with van der Waals surface area (Å²) in [4.78, 5) is 51.1. The fraction of sp³-hybridized carbons (Fsp3) is 0.0769. The first-order chi connectivity index (χ1) is 15.5. The molecule has 1 aliphatic carbocycles. The van der Waals surface area contributed by atoms with E-state index in [1.807, 2.05) is 30.3 Å². The summed E-state index contributed by atoms with van der Waals surface area (Å²) in [7, 11) is 0. The second-order valence-electron chi connectivity index (χ2n) is 7.62. The summed E-state index contributed by atoms with van der Waals surface area (Å²) in [5, 5.41) is 3.66. The van der Waals surface area contributed by atoms with Crippen LogP contribution in [0.1, 0.15) is 49.5 Å². The summed E-state index contributed by atoms with van der Waals surface area (Å²) in [5.41, 5.74) is 2.20. The van der Waals surface area contributed by atoms with Crippen molar-refractivity contribution in [1.82, 2.24) is 4.57 Å². The van der Waals surface area contributed by atoms with E-state index in [2.05, 4.69) is 5.32 Å². The lowest BCUT2D eigenvalue weighted by atomic mass is 9.83. The van der Waals surface area contributed by atoms with Crippen molar-refractivity contribution < 1.29 is 19.2 Å². The molecule has 156 valence electrons. The number of benzene rings is 3. The Morgan fingerprint density at radius 1 is 0.719 bits per heavy atom. The molecule has 4 aromatic rings. The Kier molecular flexibility index (Phi) is 4.75. The molecule has 0 bridgehead atoms. The highest BCUT2D eigenvalue weighted by Gasteiger charge is 2.31. The first kappa shape index (κ1) is 19.6. The van der Waals surface area contributed by atoms with Crippen molar-refractivity contribution in [3.63, 3.8) is 0 Å². The molecular formula is C26H18N2O4. The van der Waals surface area contributed by atoms with Crippen LogP contribution in [0.2, 0.25) is 0 Å². The lowest BCUT2D eigenvalue weighted by molar-refractivity contribution is -0.116. The van der Waals surface area contributed by atoms with E-state index >= 15 is 0 Å². The highest BCUT2D eigenvalue weighted by molar-refractivity contribution is 6.30. The number of rotatable bonds is 4. The van der Waals surface area contributed by atoms with Gasteiger partial charge >= 0.3 is 0 Å². The maximum atomic E-state index is 13.0. The molecule has 3 aromatic carbocycles. The Morgan fingerprint density at radius 3 is 2.22 bits per heavy atom. The average Bonchev–Trinajstić information content (AvgIpc) is 3.25. The number of carbonyl (C=O) groups excluding carboxylic acids is 4. The predicted octanol–water partition coefficient (Wildman–Crippen LogP) is 4.48. The van der Waals surface area contributed by atoms with Gasteiger partial charge in [0.05, 0.1) is 16.8 Å². The number of hydrogen-bond donors (Lipinski definition) is 1. The highest BCUT2D eigenvalue weighted by Crippen LogP contribution is 2.32. The zero-order chi connectivity index (χ0) is 22.2. The molecule has 6 heteroatoms. The van der Waals surface area contributed by atoms with Gasteiger partial charge in [-0.2, -0.15) is 0 Å². The Hall–Kier alpha value is -4.32. The monoisotopic (exact) mass is 422 g/mol. The SMILES string of the molecule is O=C(CCC(=O)n1ccc2ccccc21)Nc1cccc2c1C(=O)c1ccccc1C2=O. The van der Waals surface area contributed by atoms with Crippen LogP contribution < -0.4 is 5.32 Å². The molecule has 0 atom stereocenters. The Balaban J connectivity index is 1.34. The average molecular weight is 422 g/mol. The third kappa shape index (κ3) is 3.22. The van der Waals surface area contributed by atoms with Crippen LogP contribution in [0.3, 0.4) is 0 Å². The first-order valence-electron chi connectivity index (χ1n) is 10.2. The van der Waals surface area contributed by atoms with E-state index < -0.39 is 5.91 Å². The largest absolute Gasteiger partial charge is 0.325 e. The number of fused-ring (bicyclic) bond motifs is 3. The van der Waals surface area contributed by atoms with Crippen LogP contribution in [0.5, 0.6) is 0 Å². The molecular weight excluding hydrogens is 404 g/mol. The fourth-order valence-electron chi connectivity index (χ4n) is 4.10. The molecule has 32 heavy (non-hydrogen) atoms. The molecule has 0 unspecified atom stereocenters. The second kappa shape index (κ2) is 7.74. The summed E-state index contributed by atoms with van der Waals surface area (Å²) in [6, 6.07) is 20.8. The minimum absolute atomic E-state index is 0.00917. The van der Waals surface area contributed by atoms with Gasteiger partial charge in [0.25, 0.3) is 0 Å². The molecule has 1 N–H and O–H groups in total. The molecule has 0 saturated heterocycles. The van der Waals surface area contributed by atoms with E-state index in [9.17, 15) is 19.2 Å². The van der Waals surface area contributed by atoms with Gasteiger partial charge in [-0.15, -0.1) is 0 Å². The molecule has 0 fully saturated rings. The van der Waals surface area contributed by atoms with Gasteiger partial charge in [-0.25, -0.2) is 0 Å². The molecule has 6 nitrogen and oxygen atoms in total. The molecule has 0 aliphatic heterocycles. The molecule has 1 amide bonds. The van der Waals surface area contributed by atoms with Crippen molar-refractivity contribution in [2.24, 2.45) is 0 Å². The Labute approximate surface area is 183 Å². The van der Waals surface area contributed by atoms with E-state index in [0.29, 0.717) is 11.1 Å². The topological polar surface area (TPSA) is 85.2 Å². The van der Waals surface area contributed by atoms with Gasteiger partial charge in [0.15, 0.2) is 11.6 Å². The smallest absolute Gasteiger partial charge is 0.231 e. The number of anilines is 1. The van der Waals surface area contributed by atoms with Crippen molar-refractivity contribution in [2.75, 3.05) is 5.32 Å². The molecule has 1 heterocycles. The number of carbonyl (C=O) groups is 4. The summed E-state index contributed by atoms with van der Waals surface area (Å²) in [6.07, 6.45) is 1.66. The van der Waals surface area contributed by atoms with Crippen LogP contribution >= 0.6 is 0 Å². The number of nitrogens with zero attached hydrogens (tertiary/aromatic N) is 1. The van der Waals surface area contributed by atoms with Gasteiger partial charge in [-0.3, -0.25) is 23.7 Å². The highest BCUT2D eigenvalue weighted by atomic mass is 16.2. The number of hydrogen-bond acceptors (Lipinski definition) is 4. The molecule has 1 aliphatic rings. The van der Waals surface area contributed by atoms with Crippen molar-refractivity contribution in [1.29, 1.82) is 0 Å². The lowest BCUT2D eigenvalue weighted by Gasteiger charge is -2.20. The van der Waals surface area contributed by atoms with E-state index in [0.717, 1.165) is 10.9 Å². The Morgan fingerprint density at radius 2 is 1.41 bits per heavy atom. The molecule has 0 spiro atoms. The van der Waals surface area contributed by atoms with Crippen LogP contribution in [0.25, 0.3) is 10.9 Å². The van der Waals surface area contributed by atoms with Crippen molar-refractivity contribution in [2.45, 2.75) is 12.8 Å². The van der Waals surface area contributed by atoms with Crippen molar-refractivity contribution >= 4 is 40.0 Å². The predicted molar refractivity (Wildman–Crippen MR) is 120 cm³/mol. The fourth-order valence-corrected chi connectivity index (χ4v) is 4.10.